The first-order chi connectivity index (χ1) is 10.8. The van der Waals surface area contributed by atoms with Crippen LogP contribution in [-0.4, -0.2) is 36.5 Å². The van der Waals surface area contributed by atoms with Crippen LogP contribution in [0.3, 0.4) is 0 Å². The Morgan fingerprint density at radius 2 is 1.68 bits per heavy atom. The first-order valence-corrected chi connectivity index (χ1v) is 8.96. The standard InChI is InChI=1S/C19H26N2O/c22-19(21-14-11-15-5-1-4-8-18(15)21)16-9-12-20(13-10-16)17-6-2-3-7-17/h1,4-5,8,16-17H,2-3,6-7,9-14H2. The summed E-state index contributed by atoms with van der Waals surface area (Å²) in [6, 6.07) is 9.20. The minimum atomic E-state index is 0.240. The summed E-state index contributed by atoms with van der Waals surface area (Å²) in [5.41, 5.74) is 2.49. The van der Waals surface area contributed by atoms with Crippen molar-refractivity contribution in [3.63, 3.8) is 0 Å². The number of rotatable bonds is 2. The van der Waals surface area contributed by atoms with Crippen molar-refractivity contribution in [2.24, 2.45) is 5.92 Å². The Labute approximate surface area is 133 Å². The Morgan fingerprint density at radius 3 is 2.45 bits per heavy atom. The zero-order chi connectivity index (χ0) is 14.9. The molecule has 2 heterocycles. The molecule has 0 bridgehead atoms. The summed E-state index contributed by atoms with van der Waals surface area (Å²) in [5.74, 6) is 0.611. The van der Waals surface area contributed by atoms with Crippen LogP contribution < -0.4 is 4.90 Å². The molecule has 1 saturated carbocycles. The van der Waals surface area contributed by atoms with E-state index in [1.54, 1.807) is 0 Å². The van der Waals surface area contributed by atoms with Crippen molar-refractivity contribution < 1.29 is 4.79 Å². The molecule has 2 fully saturated rings. The first-order valence-electron chi connectivity index (χ1n) is 8.96. The molecule has 3 heteroatoms. The molecule has 3 aliphatic rings. The zero-order valence-electron chi connectivity index (χ0n) is 13.3. The number of piperidine rings is 1. The van der Waals surface area contributed by atoms with E-state index in [1.165, 1.54) is 31.2 Å². The van der Waals surface area contributed by atoms with Gasteiger partial charge in [-0.05, 0) is 56.8 Å². The van der Waals surface area contributed by atoms with Crippen molar-refractivity contribution in [3.8, 4) is 0 Å². The van der Waals surface area contributed by atoms with Crippen molar-refractivity contribution in [3.05, 3.63) is 29.8 Å². The molecule has 22 heavy (non-hydrogen) atoms. The minimum Gasteiger partial charge on any atom is -0.312 e. The Hall–Kier alpha value is -1.35. The number of carbonyl (C=O) groups is 1. The zero-order valence-corrected chi connectivity index (χ0v) is 13.3. The molecule has 0 spiro atoms. The third kappa shape index (κ3) is 2.56. The van der Waals surface area contributed by atoms with Gasteiger partial charge in [0.15, 0.2) is 0 Å². The van der Waals surface area contributed by atoms with Gasteiger partial charge in [-0.1, -0.05) is 31.0 Å². The number of carbonyl (C=O) groups excluding carboxylic acids is 1. The summed E-state index contributed by atoms with van der Waals surface area (Å²) < 4.78 is 0. The lowest BCUT2D eigenvalue weighted by Crippen LogP contribution is -2.45. The number of hydrogen-bond acceptors (Lipinski definition) is 2. The first kappa shape index (κ1) is 14.3. The fourth-order valence-electron chi connectivity index (χ4n) is 4.57. The van der Waals surface area contributed by atoms with Crippen LogP contribution in [0, 0.1) is 5.92 Å². The number of anilines is 1. The minimum absolute atomic E-state index is 0.240. The molecule has 0 N–H and O–H groups in total. The van der Waals surface area contributed by atoms with Crippen LogP contribution in [0.15, 0.2) is 24.3 Å². The second-order valence-electron chi connectivity index (χ2n) is 7.12. The second kappa shape index (κ2) is 6.04. The number of benzene rings is 1. The second-order valence-corrected chi connectivity index (χ2v) is 7.12. The quantitative estimate of drug-likeness (QED) is 0.837. The van der Waals surface area contributed by atoms with Crippen LogP contribution in [0.4, 0.5) is 5.69 Å². The molecule has 0 radical (unpaired) electrons. The van der Waals surface area contributed by atoms with E-state index < -0.39 is 0 Å². The van der Waals surface area contributed by atoms with Crippen molar-refractivity contribution in [2.75, 3.05) is 24.5 Å². The van der Waals surface area contributed by atoms with Gasteiger partial charge >= 0.3 is 0 Å². The van der Waals surface area contributed by atoms with Gasteiger partial charge in [-0.2, -0.15) is 0 Å². The third-order valence-corrected chi connectivity index (χ3v) is 5.87. The van der Waals surface area contributed by atoms with Crippen molar-refractivity contribution in [1.29, 1.82) is 0 Å². The lowest BCUT2D eigenvalue weighted by molar-refractivity contribution is -0.123. The van der Waals surface area contributed by atoms with Gasteiger partial charge in [-0.15, -0.1) is 0 Å². The summed E-state index contributed by atoms with van der Waals surface area (Å²) in [5, 5.41) is 0. The fraction of sp³-hybridized carbons (Fsp3) is 0.632. The highest BCUT2D eigenvalue weighted by Gasteiger charge is 2.34. The van der Waals surface area contributed by atoms with Gasteiger partial charge in [0.2, 0.25) is 5.91 Å². The average molecular weight is 298 g/mol. The molecule has 2 aliphatic heterocycles. The van der Waals surface area contributed by atoms with Crippen LogP contribution >= 0.6 is 0 Å². The normalized spacial score (nSPS) is 23.9. The molecule has 4 rings (SSSR count). The number of nitrogens with zero attached hydrogens (tertiary/aromatic N) is 2. The van der Waals surface area contributed by atoms with Gasteiger partial charge < -0.3 is 9.80 Å². The van der Waals surface area contributed by atoms with Gasteiger partial charge in [0.25, 0.3) is 0 Å². The fourth-order valence-corrected chi connectivity index (χ4v) is 4.57. The number of para-hydroxylation sites is 1. The highest BCUT2D eigenvalue weighted by atomic mass is 16.2. The van der Waals surface area contributed by atoms with E-state index in [9.17, 15) is 4.79 Å². The smallest absolute Gasteiger partial charge is 0.230 e. The molecule has 0 aromatic heterocycles. The third-order valence-electron chi connectivity index (χ3n) is 5.87. The SMILES string of the molecule is O=C(C1CCN(C2CCCC2)CC1)N1CCc2ccccc21. The lowest BCUT2D eigenvalue weighted by atomic mass is 9.94. The Balaban J connectivity index is 1.38. The molecular weight excluding hydrogens is 272 g/mol. The van der Waals surface area contributed by atoms with E-state index in [-0.39, 0.29) is 5.92 Å². The highest BCUT2D eigenvalue weighted by molar-refractivity contribution is 5.97. The predicted molar refractivity (Wildman–Crippen MR) is 89.1 cm³/mol. The van der Waals surface area contributed by atoms with E-state index >= 15 is 0 Å². The van der Waals surface area contributed by atoms with Gasteiger partial charge in [0.1, 0.15) is 0 Å². The van der Waals surface area contributed by atoms with Crippen LogP contribution in [0.25, 0.3) is 0 Å². The predicted octanol–water partition coefficient (Wildman–Crippen LogP) is 3.23. The summed E-state index contributed by atoms with van der Waals surface area (Å²) in [6.07, 6.45) is 8.66. The van der Waals surface area contributed by atoms with Gasteiger partial charge in [-0.25, -0.2) is 0 Å². The van der Waals surface area contributed by atoms with Crippen molar-refractivity contribution in [1.82, 2.24) is 4.90 Å². The molecule has 1 aromatic rings. The van der Waals surface area contributed by atoms with Crippen molar-refractivity contribution >= 4 is 11.6 Å². The highest BCUT2D eigenvalue weighted by Crippen LogP contribution is 2.32. The number of likely N-dealkylation sites (tertiary alicyclic amines) is 1. The topological polar surface area (TPSA) is 23.6 Å². The van der Waals surface area contributed by atoms with E-state index in [1.807, 2.05) is 11.0 Å². The summed E-state index contributed by atoms with van der Waals surface area (Å²) in [4.78, 5) is 17.6. The largest absolute Gasteiger partial charge is 0.312 e. The lowest BCUT2D eigenvalue weighted by Gasteiger charge is -2.36. The van der Waals surface area contributed by atoms with Crippen LogP contribution in [0.5, 0.6) is 0 Å². The van der Waals surface area contributed by atoms with Gasteiger partial charge in [0.05, 0.1) is 0 Å². The molecule has 1 aromatic carbocycles. The maximum atomic E-state index is 12.9. The summed E-state index contributed by atoms with van der Waals surface area (Å²) >= 11 is 0. The summed E-state index contributed by atoms with van der Waals surface area (Å²) in [7, 11) is 0. The molecule has 0 atom stereocenters. The molecular formula is C19H26N2O. The molecule has 1 aliphatic carbocycles. The van der Waals surface area contributed by atoms with Gasteiger partial charge in [-0.3, -0.25) is 4.79 Å². The van der Waals surface area contributed by atoms with Crippen LogP contribution in [0.2, 0.25) is 0 Å². The average Bonchev–Trinajstić information content (AvgIpc) is 3.24. The molecule has 3 nitrogen and oxygen atoms in total. The number of fused-ring (bicyclic) bond motifs is 1. The number of hydrogen-bond donors (Lipinski definition) is 0. The van der Waals surface area contributed by atoms with Gasteiger partial charge in [0, 0.05) is 24.2 Å². The van der Waals surface area contributed by atoms with Crippen LogP contribution in [-0.2, 0) is 11.2 Å². The number of amides is 1. The molecule has 1 saturated heterocycles. The Bertz CT molecular complexity index is 542. The molecule has 118 valence electrons. The monoisotopic (exact) mass is 298 g/mol. The summed E-state index contributed by atoms with van der Waals surface area (Å²) in [6.45, 7) is 3.12. The van der Waals surface area contributed by atoms with E-state index in [4.69, 9.17) is 0 Å². The van der Waals surface area contributed by atoms with E-state index in [0.717, 1.165) is 50.6 Å². The Kier molecular flexibility index (Phi) is 3.91. The Morgan fingerprint density at radius 1 is 0.955 bits per heavy atom. The maximum absolute atomic E-state index is 12.9. The van der Waals surface area contributed by atoms with E-state index in [2.05, 4.69) is 23.1 Å². The molecule has 0 unspecified atom stereocenters. The molecule has 1 amide bonds. The van der Waals surface area contributed by atoms with Crippen LogP contribution in [0.1, 0.15) is 44.1 Å². The van der Waals surface area contributed by atoms with Crippen molar-refractivity contribution in [2.45, 2.75) is 51.0 Å². The maximum Gasteiger partial charge on any atom is 0.230 e. The van der Waals surface area contributed by atoms with E-state index in [0.29, 0.717) is 5.91 Å².